The summed E-state index contributed by atoms with van der Waals surface area (Å²) >= 11 is 0. The third-order valence-corrected chi connectivity index (χ3v) is 1.61. The summed E-state index contributed by atoms with van der Waals surface area (Å²) in [5.41, 5.74) is 0. The van der Waals surface area contributed by atoms with Crippen molar-refractivity contribution in [2.75, 3.05) is 20.3 Å². The summed E-state index contributed by atoms with van der Waals surface area (Å²) in [6.07, 6.45) is 1.92. The molecule has 0 heterocycles. The van der Waals surface area contributed by atoms with E-state index in [2.05, 4.69) is 15.4 Å². The van der Waals surface area contributed by atoms with E-state index >= 15 is 0 Å². The number of carbonyl (C=O) groups excluding carboxylic acids is 3. The molecule has 0 radical (unpaired) electrons. The lowest BCUT2D eigenvalue weighted by Crippen LogP contribution is -2.40. The molecule has 7 heteroatoms. The predicted molar refractivity (Wildman–Crippen MR) is 63.8 cm³/mol. The standard InChI is InChI=1S/C11H18N2O5/c1-8(2)13-11(16)12-6-7-18-10(15)5-4-9(14)17-3/h4-5,8H,6-7H2,1-3H3,(H2,12,13,16)/b5-4+. The Hall–Kier alpha value is -2.05. The minimum absolute atomic E-state index is 0.0237. The molecule has 0 aromatic rings. The second-order valence-electron chi connectivity index (χ2n) is 3.58. The number of amides is 2. The Balaban J connectivity index is 3.66. The lowest BCUT2D eigenvalue weighted by Gasteiger charge is -2.09. The fourth-order valence-corrected chi connectivity index (χ4v) is 0.882. The SMILES string of the molecule is COC(=O)/C=C/C(=O)OCCNC(=O)NC(C)C. The average molecular weight is 258 g/mol. The van der Waals surface area contributed by atoms with Gasteiger partial charge in [0.1, 0.15) is 6.61 Å². The molecule has 0 saturated carbocycles. The van der Waals surface area contributed by atoms with E-state index in [1.165, 1.54) is 7.11 Å². The molecule has 0 rings (SSSR count). The van der Waals surface area contributed by atoms with Gasteiger partial charge in [-0.1, -0.05) is 0 Å². The van der Waals surface area contributed by atoms with Gasteiger partial charge in [-0.2, -0.15) is 0 Å². The van der Waals surface area contributed by atoms with Crippen molar-refractivity contribution in [2.24, 2.45) is 0 Å². The van der Waals surface area contributed by atoms with Crippen LogP contribution in [0.2, 0.25) is 0 Å². The van der Waals surface area contributed by atoms with E-state index in [4.69, 9.17) is 4.74 Å². The first kappa shape index (κ1) is 16.0. The van der Waals surface area contributed by atoms with Crippen LogP contribution in [-0.2, 0) is 19.1 Å². The molecule has 0 bridgehead atoms. The number of urea groups is 1. The smallest absolute Gasteiger partial charge is 0.331 e. The van der Waals surface area contributed by atoms with E-state index in [1.54, 1.807) is 0 Å². The molecule has 0 atom stereocenters. The molecule has 7 nitrogen and oxygen atoms in total. The van der Waals surface area contributed by atoms with Crippen LogP contribution < -0.4 is 10.6 Å². The van der Waals surface area contributed by atoms with Crippen LogP contribution in [0.1, 0.15) is 13.8 Å². The molecule has 0 saturated heterocycles. The van der Waals surface area contributed by atoms with Gasteiger partial charge in [0.2, 0.25) is 0 Å². The summed E-state index contributed by atoms with van der Waals surface area (Å²) in [4.78, 5) is 32.8. The maximum atomic E-state index is 11.1. The van der Waals surface area contributed by atoms with Crippen LogP contribution in [0, 0.1) is 0 Å². The molecule has 102 valence electrons. The van der Waals surface area contributed by atoms with Crippen LogP contribution in [0.5, 0.6) is 0 Å². The van der Waals surface area contributed by atoms with Crippen molar-refractivity contribution in [2.45, 2.75) is 19.9 Å². The number of nitrogens with one attached hydrogen (secondary N) is 2. The lowest BCUT2D eigenvalue weighted by atomic mass is 10.4. The Morgan fingerprint density at radius 2 is 1.78 bits per heavy atom. The van der Waals surface area contributed by atoms with Gasteiger partial charge in [0.05, 0.1) is 13.7 Å². The zero-order chi connectivity index (χ0) is 14.0. The van der Waals surface area contributed by atoms with Gasteiger partial charge in [-0.3, -0.25) is 0 Å². The van der Waals surface area contributed by atoms with Crippen LogP contribution in [-0.4, -0.2) is 44.3 Å². The minimum atomic E-state index is -0.675. The van der Waals surface area contributed by atoms with E-state index in [1.807, 2.05) is 13.8 Å². The highest BCUT2D eigenvalue weighted by Crippen LogP contribution is 1.84. The zero-order valence-corrected chi connectivity index (χ0v) is 10.7. The normalized spacial score (nSPS) is 10.2. The highest BCUT2D eigenvalue weighted by Gasteiger charge is 2.02. The second-order valence-corrected chi connectivity index (χ2v) is 3.58. The quantitative estimate of drug-likeness (QED) is 0.396. The molecule has 0 aromatic heterocycles. The van der Waals surface area contributed by atoms with Crippen molar-refractivity contribution >= 4 is 18.0 Å². The third-order valence-electron chi connectivity index (χ3n) is 1.61. The molecule has 0 aromatic carbocycles. The monoisotopic (exact) mass is 258 g/mol. The minimum Gasteiger partial charge on any atom is -0.466 e. The van der Waals surface area contributed by atoms with E-state index in [-0.39, 0.29) is 25.2 Å². The fraction of sp³-hybridized carbons (Fsp3) is 0.545. The highest BCUT2D eigenvalue weighted by molar-refractivity contribution is 5.91. The molecule has 18 heavy (non-hydrogen) atoms. The van der Waals surface area contributed by atoms with Crippen molar-refractivity contribution in [3.63, 3.8) is 0 Å². The molecule has 0 aliphatic rings. The number of esters is 2. The number of carbonyl (C=O) groups is 3. The van der Waals surface area contributed by atoms with Crippen LogP contribution in [0.15, 0.2) is 12.2 Å². The number of rotatable bonds is 6. The molecule has 0 spiro atoms. The topological polar surface area (TPSA) is 93.7 Å². The Labute approximate surface area is 106 Å². The van der Waals surface area contributed by atoms with Crippen molar-refractivity contribution < 1.29 is 23.9 Å². The van der Waals surface area contributed by atoms with Crippen molar-refractivity contribution in [3.05, 3.63) is 12.2 Å². The van der Waals surface area contributed by atoms with E-state index in [0.29, 0.717) is 0 Å². The highest BCUT2D eigenvalue weighted by atomic mass is 16.5. The lowest BCUT2D eigenvalue weighted by molar-refractivity contribution is -0.139. The summed E-state index contributed by atoms with van der Waals surface area (Å²) in [6, 6.07) is -0.290. The number of methoxy groups -OCH3 is 1. The Bertz CT molecular complexity index is 325. The second kappa shape index (κ2) is 9.03. The maximum Gasteiger partial charge on any atom is 0.331 e. The van der Waals surface area contributed by atoms with Crippen molar-refractivity contribution in [1.82, 2.24) is 10.6 Å². The summed E-state index contributed by atoms with van der Waals surface area (Å²) in [5, 5.41) is 5.12. The van der Waals surface area contributed by atoms with Gasteiger partial charge in [0.25, 0.3) is 0 Å². The van der Waals surface area contributed by atoms with Gasteiger partial charge in [0, 0.05) is 18.2 Å². The molecular formula is C11H18N2O5. The first-order valence-corrected chi connectivity index (χ1v) is 5.43. The fourth-order valence-electron chi connectivity index (χ4n) is 0.882. The summed E-state index contributed by atoms with van der Waals surface area (Å²) in [6.45, 7) is 3.88. The summed E-state index contributed by atoms with van der Waals surface area (Å²) < 4.78 is 9.01. The van der Waals surface area contributed by atoms with E-state index < -0.39 is 11.9 Å². The van der Waals surface area contributed by atoms with Gasteiger partial charge >= 0.3 is 18.0 Å². The average Bonchev–Trinajstić information content (AvgIpc) is 2.30. The van der Waals surface area contributed by atoms with Crippen LogP contribution in [0.4, 0.5) is 4.79 Å². The molecule has 2 amide bonds. The van der Waals surface area contributed by atoms with Crippen molar-refractivity contribution in [3.8, 4) is 0 Å². The first-order valence-electron chi connectivity index (χ1n) is 5.43. The maximum absolute atomic E-state index is 11.1. The van der Waals surface area contributed by atoms with Gasteiger partial charge in [-0.25, -0.2) is 14.4 Å². The van der Waals surface area contributed by atoms with Crippen LogP contribution in [0.3, 0.4) is 0 Å². The Morgan fingerprint density at radius 1 is 1.17 bits per heavy atom. The largest absolute Gasteiger partial charge is 0.466 e. The summed E-state index contributed by atoms with van der Waals surface area (Å²) in [5.74, 6) is -1.31. The zero-order valence-electron chi connectivity index (χ0n) is 10.7. The Kier molecular flexibility index (Phi) is 8.00. The van der Waals surface area contributed by atoms with Gasteiger partial charge < -0.3 is 20.1 Å². The summed E-state index contributed by atoms with van der Waals surface area (Å²) in [7, 11) is 1.20. The van der Waals surface area contributed by atoms with Gasteiger partial charge in [-0.05, 0) is 13.8 Å². The van der Waals surface area contributed by atoms with Gasteiger partial charge in [0.15, 0.2) is 0 Å². The first-order chi connectivity index (χ1) is 8.45. The number of ether oxygens (including phenoxy) is 2. The van der Waals surface area contributed by atoms with Crippen LogP contribution in [0.25, 0.3) is 0 Å². The number of hydrogen-bond acceptors (Lipinski definition) is 5. The molecular weight excluding hydrogens is 240 g/mol. The third kappa shape index (κ3) is 9.20. The molecule has 0 aliphatic heterocycles. The molecule has 2 N–H and O–H groups in total. The predicted octanol–water partition coefficient (Wildman–Crippen LogP) is -0.0336. The van der Waals surface area contributed by atoms with Crippen LogP contribution >= 0.6 is 0 Å². The van der Waals surface area contributed by atoms with E-state index in [9.17, 15) is 14.4 Å². The Morgan fingerprint density at radius 3 is 2.33 bits per heavy atom. The van der Waals surface area contributed by atoms with E-state index in [0.717, 1.165) is 12.2 Å². The van der Waals surface area contributed by atoms with Crippen molar-refractivity contribution in [1.29, 1.82) is 0 Å². The molecule has 0 aliphatic carbocycles. The molecule has 0 unspecified atom stereocenters. The number of hydrogen-bond donors (Lipinski definition) is 2. The van der Waals surface area contributed by atoms with Gasteiger partial charge in [-0.15, -0.1) is 0 Å². The molecule has 0 fully saturated rings.